The fourth-order valence-electron chi connectivity index (χ4n) is 5.17. The van der Waals surface area contributed by atoms with Gasteiger partial charge in [-0.1, -0.05) is 18.2 Å². The molecule has 1 spiro atoms. The van der Waals surface area contributed by atoms with Gasteiger partial charge in [0.1, 0.15) is 6.10 Å². The monoisotopic (exact) mass is 410 g/mol. The average molecular weight is 410 g/mol. The minimum atomic E-state index is -0.471. The number of hydrogen-bond donors (Lipinski definition) is 1. The third-order valence-corrected chi connectivity index (χ3v) is 6.89. The molecule has 4 heterocycles. The first-order valence-electron chi connectivity index (χ1n) is 10.8. The first-order chi connectivity index (χ1) is 14.6. The van der Waals surface area contributed by atoms with E-state index in [-0.39, 0.29) is 29.2 Å². The Morgan fingerprint density at radius 1 is 1.10 bits per heavy atom. The number of fused-ring (bicyclic) bond motifs is 1. The molecule has 1 aromatic heterocycles. The number of benzene rings is 1. The van der Waals surface area contributed by atoms with Crippen LogP contribution in [0.3, 0.4) is 0 Å². The van der Waals surface area contributed by atoms with Crippen molar-refractivity contribution >= 4 is 22.6 Å². The zero-order chi connectivity index (χ0) is 20.7. The lowest BCUT2D eigenvalue weighted by Gasteiger charge is -2.36. The first-order valence-corrected chi connectivity index (χ1v) is 10.8. The second kappa shape index (κ2) is 7.50. The van der Waals surface area contributed by atoms with Gasteiger partial charge in [-0.05, 0) is 44.8 Å². The molecule has 158 valence electrons. The van der Waals surface area contributed by atoms with E-state index < -0.39 is 5.41 Å². The SMILES string of the molecule is O=C(c1n[nH]c(=O)c2ccccc12)N1CCC2(CC1)CC(CN1CCCC1)OC2=O. The Morgan fingerprint density at radius 2 is 1.80 bits per heavy atom. The Labute approximate surface area is 174 Å². The highest BCUT2D eigenvalue weighted by Gasteiger charge is 2.51. The van der Waals surface area contributed by atoms with Crippen LogP contribution in [0.4, 0.5) is 0 Å². The number of rotatable bonds is 3. The molecule has 1 aromatic carbocycles. The number of H-pyrrole nitrogens is 1. The van der Waals surface area contributed by atoms with Crippen molar-refractivity contribution in [1.82, 2.24) is 20.0 Å². The van der Waals surface area contributed by atoms with Crippen LogP contribution < -0.4 is 5.56 Å². The van der Waals surface area contributed by atoms with Crippen LogP contribution in [0.2, 0.25) is 0 Å². The molecular formula is C22H26N4O4. The summed E-state index contributed by atoms with van der Waals surface area (Å²) in [7, 11) is 0. The number of cyclic esters (lactones) is 1. The second-order valence-corrected chi connectivity index (χ2v) is 8.76. The van der Waals surface area contributed by atoms with E-state index in [2.05, 4.69) is 15.1 Å². The third kappa shape index (κ3) is 3.29. The van der Waals surface area contributed by atoms with E-state index in [0.29, 0.717) is 36.7 Å². The molecule has 0 saturated carbocycles. The molecule has 0 aliphatic carbocycles. The summed E-state index contributed by atoms with van der Waals surface area (Å²) in [5.41, 5.74) is -0.527. The molecule has 0 bridgehead atoms. The summed E-state index contributed by atoms with van der Waals surface area (Å²) in [4.78, 5) is 41.9. The molecular weight excluding hydrogens is 384 g/mol. The summed E-state index contributed by atoms with van der Waals surface area (Å²) < 4.78 is 5.73. The summed E-state index contributed by atoms with van der Waals surface area (Å²) in [6.45, 7) is 3.97. The van der Waals surface area contributed by atoms with Crippen LogP contribution in [-0.4, -0.2) is 70.7 Å². The zero-order valence-corrected chi connectivity index (χ0v) is 16.9. The summed E-state index contributed by atoms with van der Waals surface area (Å²) >= 11 is 0. The second-order valence-electron chi connectivity index (χ2n) is 8.76. The number of nitrogens with one attached hydrogen (secondary N) is 1. The van der Waals surface area contributed by atoms with E-state index in [1.54, 1.807) is 29.2 Å². The lowest BCUT2D eigenvalue weighted by molar-refractivity contribution is -0.150. The normalized spacial score (nSPS) is 23.9. The Kier molecular flexibility index (Phi) is 4.81. The number of piperidine rings is 1. The molecule has 5 rings (SSSR count). The quantitative estimate of drug-likeness (QED) is 0.772. The highest BCUT2D eigenvalue weighted by atomic mass is 16.6. The molecule has 1 amide bonds. The van der Waals surface area contributed by atoms with E-state index in [4.69, 9.17) is 4.74 Å². The fourth-order valence-corrected chi connectivity index (χ4v) is 5.17. The topological polar surface area (TPSA) is 95.6 Å². The van der Waals surface area contributed by atoms with Crippen molar-refractivity contribution in [1.29, 1.82) is 0 Å². The standard InChI is InChI=1S/C22H26N4O4/c27-19-17-6-2-1-5-16(17)18(23-24-19)20(28)26-11-7-22(8-12-26)13-15(30-21(22)29)14-25-9-3-4-10-25/h1-2,5-6,15H,3-4,7-14H2,(H,24,27). The fraction of sp³-hybridized carbons (Fsp3) is 0.545. The van der Waals surface area contributed by atoms with Crippen molar-refractivity contribution in [2.24, 2.45) is 5.41 Å². The van der Waals surface area contributed by atoms with Gasteiger partial charge >= 0.3 is 5.97 Å². The summed E-state index contributed by atoms with van der Waals surface area (Å²) in [5.74, 6) is -0.316. The molecule has 1 atom stereocenters. The van der Waals surface area contributed by atoms with Crippen molar-refractivity contribution in [2.75, 3.05) is 32.7 Å². The minimum Gasteiger partial charge on any atom is -0.461 e. The van der Waals surface area contributed by atoms with Crippen molar-refractivity contribution in [3.05, 3.63) is 40.3 Å². The summed E-state index contributed by atoms with van der Waals surface area (Å²) in [6.07, 6.45) is 4.35. The molecule has 0 radical (unpaired) electrons. The molecule has 2 aromatic rings. The largest absolute Gasteiger partial charge is 0.461 e. The van der Waals surface area contributed by atoms with Gasteiger partial charge < -0.3 is 9.64 Å². The molecule has 3 fully saturated rings. The van der Waals surface area contributed by atoms with Crippen LogP contribution in [-0.2, 0) is 9.53 Å². The van der Waals surface area contributed by atoms with Gasteiger partial charge in [-0.25, -0.2) is 5.10 Å². The van der Waals surface area contributed by atoms with Crippen LogP contribution in [0.25, 0.3) is 10.8 Å². The van der Waals surface area contributed by atoms with Crippen molar-refractivity contribution in [2.45, 2.75) is 38.2 Å². The lowest BCUT2D eigenvalue weighted by Crippen LogP contribution is -2.45. The molecule has 1 unspecified atom stereocenters. The lowest BCUT2D eigenvalue weighted by atomic mass is 9.76. The van der Waals surface area contributed by atoms with Gasteiger partial charge in [-0.2, -0.15) is 5.10 Å². The van der Waals surface area contributed by atoms with Crippen LogP contribution in [0.1, 0.15) is 42.6 Å². The molecule has 1 N–H and O–H groups in total. The maximum atomic E-state index is 13.1. The van der Waals surface area contributed by atoms with Gasteiger partial charge in [0, 0.05) is 31.4 Å². The predicted octanol–water partition coefficient (Wildman–Crippen LogP) is 1.56. The average Bonchev–Trinajstić information content (AvgIpc) is 3.37. The van der Waals surface area contributed by atoms with Gasteiger partial charge in [0.15, 0.2) is 5.69 Å². The Balaban J connectivity index is 1.28. The van der Waals surface area contributed by atoms with E-state index >= 15 is 0 Å². The molecule has 8 heteroatoms. The highest BCUT2D eigenvalue weighted by Crippen LogP contribution is 2.43. The summed E-state index contributed by atoms with van der Waals surface area (Å²) in [6, 6.07) is 6.99. The van der Waals surface area contributed by atoms with Crippen molar-refractivity contribution in [3.8, 4) is 0 Å². The number of aromatic nitrogens is 2. The first kappa shape index (κ1) is 19.2. The van der Waals surface area contributed by atoms with Crippen molar-refractivity contribution in [3.63, 3.8) is 0 Å². The zero-order valence-electron chi connectivity index (χ0n) is 16.9. The number of hydrogen-bond acceptors (Lipinski definition) is 6. The van der Waals surface area contributed by atoms with E-state index in [9.17, 15) is 14.4 Å². The smallest absolute Gasteiger partial charge is 0.312 e. The highest BCUT2D eigenvalue weighted by molar-refractivity contribution is 6.04. The summed E-state index contributed by atoms with van der Waals surface area (Å²) in [5, 5.41) is 7.46. The minimum absolute atomic E-state index is 0.0392. The third-order valence-electron chi connectivity index (χ3n) is 6.89. The van der Waals surface area contributed by atoms with Crippen molar-refractivity contribution < 1.29 is 14.3 Å². The number of likely N-dealkylation sites (tertiary alicyclic amines) is 2. The Morgan fingerprint density at radius 3 is 2.53 bits per heavy atom. The molecule has 3 aliphatic rings. The van der Waals surface area contributed by atoms with Gasteiger partial charge in [-0.3, -0.25) is 19.3 Å². The van der Waals surface area contributed by atoms with Crippen LogP contribution in [0.5, 0.6) is 0 Å². The van der Waals surface area contributed by atoms with Gasteiger partial charge in [0.25, 0.3) is 11.5 Å². The Hall–Kier alpha value is -2.74. The molecule has 8 nitrogen and oxygen atoms in total. The van der Waals surface area contributed by atoms with E-state index in [1.807, 2.05) is 0 Å². The molecule has 3 saturated heterocycles. The Bertz CT molecular complexity index is 1030. The maximum absolute atomic E-state index is 13.1. The predicted molar refractivity (Wildman–Crippen MR) is 110 cm³/mol. The number of ether oxygens (including phenoxy) is 1. The maximum Gasteiger partial charge on any atom is 0.312 e. The van der Waals surface area contributed by atoms with E-state index in [1.165, 1.54) is 12.8 Å². The molecule has 30 heavy (non-hydrogen) atoms. The number of carbonyl (C=O) groups is 2. The van der Waals surface area contributed by atoms with Gasteiger partial charge in [0.05, 0.1) is 10.8 Å². The van der Waals surface area contributed by atoms with Crippen LogP contribution in [0, 0.1) is 5.41 Å². The van der Waals surface area contributed by atoms with Crippen LogP contribution in [0.15, 0.2) is 29.1 Å². The number of aromatic amines is 1. The number of carbonyl (C=O) groups excluding carboxylic acids is 2. The number of amides is 1. The van der Waals surface area contributed by atoms with Gasteiger partial charge in [-0.15, -0.1) is 0 Å². The van der Waals surface area contributed by atoms with Crippen LogP contribution >= 0.6 is 0 Å². The number of nitrogens with zero attached hydrogens (tertiary/aromatic N) is 3. The van der Waals surface area contributed by atoms with E-state index in [0.717, 1.165) is 26.1 Å². The van der Waals surface area contributed by atoms with Gasteiger partial charge in [0.2, 0.25) is 0 Å². The molecule has 3 aliphatic heterocycles. The number of esters is 1.